The van der Waals surface area contributed by atoms with Crippen LogP contribution in [0.15, 0.2) is 18.2 Å². The number of ether oxygens (including phenoxy) is 1. The van der Waals surface area contributed by atoms with Gasteiger partial charge in [0.15, 0.2) is 0 Å². The van der Waals surface area contributed by atoms with E-state index >= 15 is 0 Å². The van der Waals surface area contributed by atoms with E-state index in [1.54, 1.807) is 0 Å². The minimum absolute atomic E-state index is 0.00319. The number of benzene rings is 1. The number of nitrogens with one attached hydrogen (secondary N) is 1. The second-order valence-electron chi connectivity index (χ2n) is 7.03. The SMILES string of the molecule is CCN1CCN(CCC(=O)N[C@@H](C)COc2c(C)cccc2C)CC1. The molecule has 0 bridgehead atoms. The Labute approximate surface area is 152 Å². The maximum atomic E-state index is 12.2. The summed E-state index contributed by atoms with van der Waals surface area (Å²) in [6.45, 7) is 15.1. The van der Waals surface area contributed by atoms with E-state index in [0.717, 1.165) is 56.1 Å². The van der Waals surface area contributed by atoms with Crippen LogP contribution in [-0.2, 0) is 4.79 Å². The van der Waals surface area contributed by atoms with E-state index in [2.05, 4.69) is 22.0 Å². The molecule has 1 aliphatic rings. The molecule has 0 unspecified atom stereocenters. The molecule has 5 nitrogen and oxygen atoms in total. The normalized spacial score (nSPS) is 17.3. The number of amides is 1. The van der Waals surface area contributed by atoms with E-state index in [0.29, 0.717) is 13.0 Å². The van der Waals surface area contributed by atoms with Crippen molar-refractivity contribution in [3.8, 4) is 5.75 Å². The molecule has 1 amide bonds. The monoisotopic (exact) mass is 347 g/mol. The fourth-order valence-electron chi connectivity index (χ4n) is 3.21. The Morgan fingerprint density at radius 1 is 1.16 bits per heavy atom. The minimum atomic E-state index is 0.00319. The van der Waals surface area contributed by atoms with Gasteiger partial charge < -0.3 is 19.9 Å². The molecule has 1 N–H and O–H groups in total. The third kappa shape index (κ3) is 6.33. The maximum Gasteiger partial charge on any atom is 0.221 e. The first-order valence-electron chi connectivity index (χ1n) is 9.42. The average Bonchev–Trinajstić information content (AvgIpc) is 2.60. The largest absolute Gasteiger partial charge is 0.491 e. The number of hydrogen-bond donors (Lipinski definition) is 1. The van der Waals surface area contributed by atoms with Gasteiger partial charge in [0, 0.05) is 39.1 Å². The Balaban J connectivity index is 1.66. The molecule has 0 saturated carbocycles. The highest BCUT2D eigenvalue weighted by atomic mass is 16.5. The van der Waals surface area contributed by atoms with E-state index in [-0.39, 0.29) is 11.9 Å². The quantitative estimate of drug-likeness (QED) is 0.783. The Hall–Kier alpha value is -1.59. The summed E-state index contributed by atoms with van der Waals surface area (Å²) in [5.74, 6) is 1.04. The molecule has 1 aliphatic heterocycles. The van der Waals surface area contributed by atoms with E-state index < -0.39 is 0 Å². The number of nitrogens with zero attached hydrogens (tertiary/aromatic N) is 2. The molecular weight excluding hydrogens is 314 g/mol. The van der Waals surface area contributed by atoms with Crippen LogP contribution in [0.4, 0.5) is 0 Å². The van der Waals surface area contributed by atoms with Crippen LogP contribution < -0.4 is 10.1 Å². The van der Waals surface area contributed by atoms with Crippen molar-refractivity contribution in [2.45, 2.75) is 40.2 Å². The first-order chi connectivity index (χ1) is 12.0. The Morgan fingerprint density at radius 3 is 2.36 bits per heavy atom. The summed E-state index contributed by atoms with van der Waals surface area (Å²) in [7, 11) is 0. The van der Waals surface area contributed by atoms with Gasteiger partial charge >= 0.3 is 0 Å². The van der Waals surface area contributed by atoms with Crippen LogP contribution in [0, 0.1) is 13.8 Å². The van der Waals surface area contributed by atoms with Crippen molar-refractivity contribution < 1.29 is 9.53 Å². The van der Waals surface area contributed by atoms with Crippen molar-refractivity contribution in [3.63, 3.8) is 0 Å². The van der Waals surface area contributed by atoms with Crippen LogP contribution in [0.5, 0.6) is 5.75 Å². The third-order valence-corrected chi connectivity index (χ3v) is 4.86. The molecule has 2 rings (SSSR count). The van der Waals surface area contributed by atoms with Crippen molar-refractivity contribution in [2.24, 2.45) is 0 Å². The van der Waals surface area contributed by atoms with Crippen LogP contribution in [0.2, 0.25) is 0 Å². The maximum absolute atomic E-state index is 12.2. The van der Waals surface area contributed by atoms with Crippen molar-refractivity contribution in [3.05, 3.63) is 29.3 Å². The molecular formula is C20H33N3O2. The molecule has 1 aromatic carbocycles. The van der Waals surface area contributed by atoms with Gasteiger partial charge in [-0.05, 0) is 38.4 Å². The van der Waals surface area contributed by atoms with E-state index in [9.17, 15) is 4.79 Å². The van der Waals surface area contributed by atoms with Gasteiger partial charge in [-0.3, -0.25) is 4.79 Å². The van der Waals surface area contributed by atoms with Gasteiger partial charge in [-0.25, -0.2) is 0 Å². The highest BCUT2D eigenvalue weighted by molar-refractivity contribution is 5.76. The van der Waals surface area contributed by atoms with Crippen molar-refractivity contribution in [1.29, 1.82) is 0 Å². The number of piperazine rings is 1. The number of aryl methyl sites for hydroxylation is 2. The van der Waals surface area contributed by atoms with Gasteiger partial charge in [0.05, 0.1) is 6.04 Å². The number of rotatable bonds is 8. The highest BCUT2D eigenvalue weighted by Crippen LogP contribution is 2.22. The zero-order chi connectivity index (χ0) is 18.2. The summed E-state index contributed by atoms with van der Waals surface area (Å²) >= 11 is 0. The molecule has 0 radical (unpaired) electrons. The lowest BCUT2D eigenvalue weighted by Gasteiger charge is -2.33. The average molecular weight is 348 g/mol. The molecule has 0 aromatic heterocycles. The van der Waals surface area contributed by atoms with Crippen LogP contribution in [0.3, 0.4) is 0 Å². The molecule has 5 heteroatoms. The summed E-state index contributed by atoms with van der Waals surface area (Å²) in [4.78, 5) is 17.0. The predicted molar refractivity (Wildman–Crippen MR) is 102 cm³/mol. The second-order valence-corrected chi connectivity index (χ2v) is 7.03. The summed E-state index contributed by atoms with van der Waals surface area (Å²) in [6, 6.07) is 6.13. The molecule has 1 atom stereocenters. The summed E-state index contributed by atoms with van der Waals surface area (Å²) in [5.41, 5.74) is 2.26. The van der Waals surface area contributed by atoms with Crippen molar-refractivity contribution in [2.75, 3.05) is 45.9 Å². The first-order valence-corrected chi connectivity index (χ1v) is 9.42. The van der Waals surface area contributed by atoms with Crippen molar-refractivity contribution in [1.82, 2.24) is 15.1 Å². The van der Waals surface area contributed by atoms with Gasteiger partial charge in [-0.2, -0.15) is 0 Å². The minimum Gasteiger partial charge on any atom is -0.491 e. The molecule has 140 valence electrons. The van der Waals surface area contributed by atoms with Crippen LogP contribution >= 0.6 is 0 Å². The summed E-state index contributed by atoms with van der Waals surface area (Å²) < 4.78 is 5.92. The van der Waals surface area contributed by atoms with Gasteiger partial charge in [0.2, 0.25) is 5.91 Å². The first kappa shape index (κ1) is 19.7. The molecule has 1 aromatic rings. The summed E-state index contributed by atoms with van der Waals surface area (Å²) in [5, 5.41) is 3.05. The van der Waals surface area contributed by atoms with Crippen LogP contribution in [-0.4, -0.2) is 67.6 Å². The predicted octanol–water partition coefficient (Wildman–Crippen LogP) is 2.21. The molecule has 1 heterocycles. The number of carbonyl (C=O) groups is 1. The molecule has 1 saturated heterocycles. The lowest BCUT2D eigenvalue weighted by molar-refractivity contribution is -0.122. The van der Waals surface area contributed by atoms with E-state index in [1.165, 1.54) is 0 Å². The fourth-order valence-corrected chi connectivity index (χ4v) is 3.21. The smallest absolute Gasteiger partial charge is 0.221 e. The number of para-hydroxylation sites is 1. The second kappa shape index (κ2) is 9.78. The lowest BCUT2D eigenvalue weighted by atomic mass is 10.1. The Morgan fingerprint density at radius 2 is 1.76 bits per heavy atom. The van der Waals surface area contributed by atoms with Gasteiger partial charge in [0.25, 0.3) is 0 Å². The Bertz CT molecular complexity index is 534. The van der Waals surface area contributed by atoms with Gasteiger partial charge in [-0.15, -0.1) is 0 Å². The van der Waals surface area contributed by atoms with E-state index in [4.69, 9.17) is 4.74 Å². The zero-order valence-electron chi connectivity index (χ0n) is 16.2. The van der Waals surface area contributed by atoms with E-state index in [1.807, 2.05) is 39.0 Å². The standard InChI is InChI=1S/C20H33N3O2/c1-5-22-11-13-23(14-12-22)10-9-19(24)21-18(4)15-25-20-16(2)7-6-8-17(20)3/h6-8,18H,5,9-15H2,1-4H3,(H,21,24)/t18-/m0/s1. The topological polar surface area (TPSA) is 44.8 Å². The zero-order valence-corrected chi connectivity index (χ0v) is 16.2. The molecule has 0 spiro atoms. The lowest BCUT2D eigenvalue weighted by Crippen LogP contribution is -2.47. The number of likely N-dealkylation sites (N-methyl/N-ethyl adjacent to an activating group) is 1. The van der Waals surface area contributed by atoms with Gasteiger partial charge in [0.1, 0.15) is 12.4 Å². The van der Waals surface area contributed by atoms with Crippen LogP contribution in [0.25, 0.3) is 0 Å². The number of hydrogen-bond acceptors (Lipinski definition) is 4. The summed E-state index contributed by atoms with van der Waals surface area (Å²) in [6.07, 6.45) is 0.555. The highest BCUT2D eigenvalue weighted by Gasteiger charge is 2.17. The molecule has 0 aliphatic carbocycles. The third-order valence-electron chi connectivity index (χ3n) is 4.86. The fraction of sp³-hybridized carbons (Fsp3) is 0.650. The number of carbonyl (C=O) groups excluding carboxylic acids is 1. The Kier molecular flexibility index (Phi) is 7.72. The van der Waals surface area contributed by atoms with Crippen LogP contribution in [0.1, 0.15) is 31.4 Å². The van der Waals surface area contributed by atoms with Gasteiger partial charge in [-0.1, -0.05) is 25.1 Å². The molecule has 1 fully saturated rings. The molecule has 25 heavy (non-hydrogen) atoms. The van der Waals surface area contributed by atoms with Crippen molar-refractivity contribution >= 4 is 5.91 Å².